The second-order valence-electron chi connectivity index (χ2n) is 7.10. The lowest BCUT2D eigenvalue weighted by Crippen LogP contribution is -2.37. The van der Waals surface area contributed by atoms with Gasteiger partial charge in [-0.2, -0.15) is 0 Å². The SMILES string of the molecule is Cc1cc(C2CC2CNC(C)(C)C)c2ccccc2n1. The van der Waals surface area contributed by atoms with Gasteiger partial charge in [0.2, 0.25) is 0 Å². The molecule has 2 unspecified atom stereocenters. The molecule has 0 amide bonds. The van der Waals surface area contributed by atoms with Crippen molar-refractivity contribution in [1.82, 2.24) is 10.3 Å². The van der Waals surface area contributed by atoms with Gasteiger partial charge in [0, 0.05) is 16.6 Å². The number of benzene rings is 1. The molecule has 2 atom stereocenters. The van der Waals surface area contributed by atoms with Crippen LogP contribution in [0.25, 0.3) is 10.9 Å². The van der Waals surface area contributed by atoms with Gasteiger partial charge in [0.05, 0.1) is 5.52 Å². The zero-order valence-electron chi connectivity index (χ0n) is 12.9. The molecule has 1 fully saturated rings. The van der Waals surface area contributed by atoms with Crippen molar-refractivity contribution in [2.24, 2.45) is 5.92 Å². The summed E-state index contributed by atoms with van der Waals surface area (Å²) in [6.45, 7) is 9.91. The maximum absolute atomic E-state index is 4.64. The first kappa shape index (κ1) is 13.6. The highest BCUT2D eigenvalue weighted by atomic mass is 15.0. The fourth-order valence-electron chi connectivity index (χ4n) is 2.94. The van der Waals surface area contributed by atoms with Crippen LogP contribution in [-0.4, -0.2) is 17.1 Å². The van der Waals surface area contributed by atoms with Crippen molar-refractivity contribution in [3.63, 3.8) is 0 Å². The first-order chi connectivity index (χ1) is 9.44. The van der Waals surface area contributed by atoms with Crippen molar-refractivity contribution in [3.05, 3.63) is 41.6 Å². The van der Waals surface area contributed by atoms with Crippen molar-refractivity contribution >= 4 is 10.9 Å². The molecule has 3 rings (SSSR count). The lowest BCUT2D eigenvalue weighted by Gasteiger charge is -2.20. The molecule has 1 aromatic carbocycles. The second-order valence-corrected chi connectivity index (χ2v) is 7.10. The van der Waals surface area contributed by atoms with Gasteiger partial charge in [0.15, 0.2) is 0 Å². The van der Waals surface area contributed by atoms with Gasteiger partial charge in [-0.1, -0.05) is 18.2 Å². The molecule has 20 heavy (non-hydrogen) atoms. The highest BCUT2D eigenvalue weighted by molar-refractivity contribution is 5.83. The number of hydrogen-bond donors (Lipinski definition) is 1. The molecule has 2 aromatic rings. The van der Waals surface area contributed by atoms with E-state index in [1.807, 2.05) is 0 Å². The Labute approximate surface area is 121 Å². The third-order valence-electron chi connectivity index (χ3n) is 4.09. The summed E-state index contributed by atoms with van der Waals surface area (Å²) >= 11 is 0. The third kappa shape index (κ3) is 2.85. The summed E-state index contributed by atoms with van der Waals surface area (Å²) in [7, 11) is 0. The van der Waals surface area contributed by atoms with Gasteiger partial charge < -0.3 is 5.32 Å². The van der Waals surface area contributed by atoms with Crippen LogP contribution in [0.2, 0.25) is 0 Å². The molecule has 1 aromatic heterocycles. The van der Waals surface area contributed by atoms with E-state index in [0.29, 0.717) is 5.92 Å². The molecule has 2 nitrogen and oxygen atoms in total. The van der Waals surface area contributed by atoms with Crippen LogP contribution in [0.5, 0.6) is 0 Å². The predicted molar refractivity (Wildman–Crippen MR) is 85.1 cm³/mol. The van der Waals surface area contributed by atoms with Crippen LogP contribution in [0.4, 0.5) is 0 Å². The van der Waals surface area contributed by atoms with Crippen LogP contribution >= 0.6 is 0 Å². The number of para-hydroxylation sites is 1. The maximum atomic E-state index is 4.64. The highest BCUT2D eigenvalue weighted by Gasteiger charge is 2.39. The summed E-state index contributed by atoms with van der Waals surface area (Å²) in [5, 5.41) is 4.97. The minimum absolute atomic E-state index is 0.212. The Balaban J connectivity index is 1.82. The summed E-state index contributed by atoms with van der Waals surface area (Å²) in [5.74, 6) is 1.48. The molecule has 2 heteroatoms. The van der Waals surface area contributed by atoms with Crippen molar-refractivity contribution in [1.29, 1.82) is 0 Å². The Morgan fingerprint density at radius 1 is 1.25 bits per heavy atom. The zero-order valence-corrected chi connectivity index (χ0v) is 12.9. The highest BCUT2D eigenvalue weighted by Crippen LogP contribution is 2.49. The van der Waals surface area contributed by atoms with Gasteiger partial charge in [-0.3, -0.25) is 4.98 Å². The third-order valence-corrected chi connectivity index (χ3v) is 4.09. The van der Waals surface area contributed by atoms with Crippen LogP contribution in [0.15, 0.2) is 30.3 Å². The molecule has 0 saturated heterocycles. The summed E-state index contributed by atoms with van der Waals surface area (Å²) < 4.78 is 0. The summed E-state index contributed by atoms with van der Waals surface area (Å²) in [6, 6.07) is 10.8. The molecular weight excluding hydrogens is 244 g/mol. The standard InChI is InChI=1S/C18H24N2/c1-12-9-16(14-7-5-6-8-17(14)20-12)15-10-13(15)11-19-18(2,3)4/h5-9,13,15,19H,10-11H2,1-4H3. The average Bonchev–Trinajstić information content (AvgIpc) is 3.14. The van der Waals surface area contributed by atoms with E-state index in [2.05, 4.69) is 68.3 Å². The second kappa shape index (κ2) is 4.85. The Morgan fingerprint density at radius 2 is 2.00 bits per heavy atom. The molecule has 1 saturated carbocycles. The zero-order chi connectivity index (χ0) is 14.3. The first-order valence-corrected chi connectivity index (χ1v) is 7.55. The van der Waals surface area contributed by atoms with Crippen molar-refractivity contribution in [3.8, 4) is 0 Å². The molecule has 1 aliphatic carbocycles. The molecule has 1 heterocycles. The molecule has 1 N–H and O–H groups in total. The summed E-state index contributed by atoms with van der Waals surface area (Å²) in [6.07, 6.45) is 1.30. The first-order valence-electron chi connectivity index (χ1n) is 7.55. The lowest BCUT2D eigenvalue weighted by molar-refractivity contribution is 0.414. The van der Waals surface area contributed by atoms with E-state index in [0.717, 1.165) is 23.7 Å². The van der Waals surface area contributed by atoms with Gasteiger partial charge in [0.1, 0.15) is 0 Å². The number of rotatable bonds is 3. The summed E-state index contributed by atoms with van der Waals surface area (Å²) in [4.78, 5) is 4.64. The number of pyridine rings is 1. The Morgan fingerprint density at radius 3 is 2.75 bits per heavy atom. The van der Waals surface area contributed by atoms with Gasteiger partial charge in [-0.25, -0.2) is 0 Å². The molecule has 0 spiro atoms. The summed E-state index contributed by atoms with van der Waals surface area (Å²) in [5.41, 5.74) is 3.97. The van der Waals surface area contributed by atoms with Gasteiger partial charge in [-0.15, -0.1) is 0 Å². The Bertz CT molecular complexity index is 625. The fraction of sp³-hybridized carbons (Fsp3) is 0.500. The van der Waals surface area contributed by atoms with E-state index in [4.69, 9.17) is 0 Å². The molecular formula is C18H24N2. The van der Waals surface area contributed by atoms with Crippen molar-refractivity contribution in [2.45, 2.75) is 45.6 Å². The minimum atomic E-state index is 0.212. The normalized spacial score (nSPS) is 22.2. The molecule has 0 bridgehead atoms. The number of fused-ring (bicyclic) bond motifs is 1. The number of aryl methyl sites for hydroxylation is 1. The van der Waals surface area contributed by atoms with Crippen LogP contribution in [0.1, 0.15) is 44.4 Å². The fourth-order valence-corrected chi connectivity index (χ4v) is 2.94. The van der Waals surface area contributed by atoms with Crippen LogP contribution in [0.3, 0.4) is 0 Å². The number of aromatic nitrogens is 1. The number of nitrogens with zero attached hydrogens (tertiary/aromatic N) is 1. The van der Waals surface area contributed by atoms with E-state index in [1.54, 1.807) is 0 Å². The van der Waals surface area contributed by atoms with Gasteiger partial charge in [0.25, 0.3) is 0 Å². The lowest BCUT2D eigenvalue weighted by atomic mass is 10.0. The van der Waals surface area contributed by atoms with E-state index in [9.17, 15) is 0 Å². The van der Waals surface area contributed by atoms with E-state index >= 15 is 0 Å². The van der Waals surface area contributed by atoms with E-state index in [-0.39, 0.29) is 5.54 Å². The van der Waals surface area contributed by atoms with Gasteiger partial charge in [-0.05, 0) is 70.2 Å². The van der Waals surface area contributed by atoms with Crippen molar-refractivity contribution in [2.75, 3.05) is 6.54 Å². The van der Waals surface area contributed by atoms with Crippen LogP contribution in [0, 0.1) is 12.8 Å². The molecule has 106 valence electrons. The van der Waals surface area contributed by atoms with E-state index in [1.165, 1.54) is 17.4 Å². The van der Waals surface area contributed by atoms with Crippen molar-refractivity contribution < 1.29 is 0 Å². The quantitative estimate of drug-likeness (QED) is 0.909. The Kier molecular flexibility index (Phi) is 3.29. The Hall–Kier alpha value is -1.41. The van der Waals surface area contributed by atoms with E-state index < -0.39 is 0 Å². The molecule has 0 radical (unpaired) electrons. The monoisotopic (exact) mass is 268 g/mol. The van der Waals surface area contributed by atoms with Crippen LogP contribution in [-0.2, 0) is 0 Å². The predicted octanol–water partition coefficient (Wildman–Crippen LogP) is 4.03. The number of hydrogen-bond acceptors (Lipinski definition) is 2. The minimum Gasteiger partial charge on any atom is -0.312 e. The average molecular weight is 268 g/mol. The van der Waals surface area contributed by atoms with Gasteiger partial charge >= 0.3 is 0 Å². The number of nitrogens with one attached hydrogen (secondary N) is 1. The smallest absolute Gasteiger partial charge is 0.0708 e. The van der Waals surface area contributed by atoms with Crippen LogP contribution < -0.4 is 5.32 Å². The maximum Gasteiger partial charge on any atom is 0.0708 e. The molecule has 0 aliphatic heterocycles. The molecule has 1 aliphatic rings. The largest absolute Gasteiger partial charge is 0.312 e. The topological polar surface area (TPSA) is 24.9 Å².